The summed E-state index contributed by atoms with van der Waals surface area (Å²) in [6, 6.07) is -0.647. The van der Waals surface area contributed by atoms with Crippen molar-refractivity contribution in [3.05, 3.63) is 0 Å². The number of piperazine rings is 1. The number of carbonyl (C=O) groups is 2. The highest BCUT2D eigenvalue weighted by Crippen LogP contribution is 2.20. The summed E-state index contributed by atoms with van der Waals surface area (Å²) in [7, 11) is 0. The summed E-state index contributed by atoms with van der Waals surface area (Å²) in [5.74, 6) is 0.675. The largest absolute Gasteiger partial charge is 0.342 e. The first-order valence-electron chi connectivity index (χ1n) is 7.53. The van der Waals surface area contributed by atoms with E-state index in [9.17, 15) is 9.59 Å². The van der Waals surface area contributed by atoms with Crippen LogP contribution in [0.5, 0.6) is 0 Å². The standard InChI is InChI=1S/C15H28N2O2/c1-6-8-11(5)9-17-12(7-2)14(18)16-13(10(3)4)15(17)19/h10-13H,6-9H2,1-5H3,(H,16,18). The van der Waals surface area contributed by atoms with Crippen LogP contribution in [0, 0.1) is 11.8 Å². The lowest BCUT2D eigenvalue weighted by molar-refractivity contribution is -0.151. The number of hydrogen-bond donors (Lipinski definition) is 1. The van der Waals surface area contributed by atoms with E-state index in [1.165, 1.54) is 0 Å². The second kappa shape index (κ2) is 6.92. The SMILES string of the molecule is CCCC(C)CN1C(=O)C(C(C)C)NC(=O)C1CC. The van der Waals surface area contributed by atoms with Crippen LogP contribution in [0.25, 0.3) is 0 Å². The van der Waals surface area contributed by atoms with Crippen LogP contribution in [0.2, 0.25) is 0 Å². The average molecular weight is 268 g/mol. The molecule has 1 heterocycles. The first kappa shape index (κ1) is 16.0. The van der Waals surface area contributed by atoms with Crippen LogP contribution in [-0.4, -0.2) is 35.3 Å². The van der Waals surface area contributed by atoms with Crippen LogP contribution in [0.15, 0.2) is 0 Å². The van der Waals surface area contributed by atoms with E-state index in [4.69, 9.17) is 0 Å². The Morgan fingerprint density at radius 1 is 1.21 bits per heavy atom. The minimum atomic E-state index is -0.357. The van der Waals surface area contributed by atoms with Crippen LogP contribution in [-0.2, 0) is 9.59 Å². The fourth-order valence-corrected chi connectivity index (χ4v) is 2.78. The molecule has 1 rings (SSSR count). The number of rotatable bonds is 6. The van der Waals surface area contributed by atoms with Gasteiger partial charge in [-0.25, -0.2) is 0 Å². The van der Waals surface area contributed by atoms with Gasteiger partial charge in [0.25, 0.3) is 0 Å². The zero-order chi connectivity index (χ0) is 14.6. The van der Waals surface area contributed by atoms with E-state index in [-0.39, 0.29) is 29.8 Å². The summed E-state index contributed by atoms with van der Waals surface area (Å²) in [4.78, 5) is 26.5. The van der Waals surface area contributed by atoms with Gasteiger partial charge in [0.05, 0.1) is 0 Å². The Morgan fingerprint density at radius 3 is 2.32 bits per heavy atom. The van der Waals surface area contributed by atoms with E-state index in [0.717, 1.165) is 12.8 Å². The first-order valence-corrected chi connectivity index (χ1v) is 7.53. The van der Waals surface area contributed by atoms with Gasteiger partial charge in [0, 0.05) is 6.54 Å². The van der Waals surface area contributed by atoms with Gasteiger partial charge in [-0.3, -0.25) is 9.59 Å². The Balaban J connectivity index is 2.86. The van der Waals surface area contributed by atoms with E-state index in [1.807, 2.05) is 25.7 Å². The van der Waals surface area contributed by atoms with Crippen LogP contribution < -0.4 is 5.32 Å². The minimum Gasteiger partial charge on any atom is -0.342 e. The molecule has 3 unspecified atom stereocenters. The molecule has 0 bridgehead atoms. The summed E-state index contributed by atoms with van der Waals surface area (Å²) in [6.07, 6.45) is 2.88. The van der Waals surface area contributed by atoms with Gasteiger partial charge < -0.3 is 10.2 Å². The smallest absolute Gasteiger partial charge is 0.246 e. The molecule has 1 fully saturated rings. The molecule has 0 aromatic carbocycles. The van der Waals surface area contributed by atoms with Crippen LogP contribution in [0.3, 0.4) is 0 Å². The summed E-state index contributed by atoms with van der Waals surface area (Å²) in [5.41, 5.74) is 0. The van der Waals surface area contributed by atoms with Crippen LogP contribution in [0.4, 0.5) is 0 Å². The van der Waals surface area contributed by atoms with Gasteiger partial charge in [0.2, 0.25) is 11.8 Å². The molecule has 0 aliphatic carbocycles. The monoisotopic (exact) mass is 268 g/mol. The van der Waals surface area contributed by atoms with Crippen molar-refractivity contribution < 1.29 is 9.59 Å². The number of nitrogens with one attached hydrogen (secondary N) is 1. The lowest BCUT2D eigenvalue weighted by Gasteiger charge is -2.41. The average Bonchev–Trinajstić information content (AvgIpc) is 2.33. The lowest BCUT2D eigenvalue weighted by Crippen LogP contribution is -2.65. The van der Waals surface area contributed by atoms with Gasteiger partial charge in [-0.2, -0.15) is 0 Å². The van der Waals surface area contributed by atoms with E-state index in [2.05, 4.69) is 19.2 Å². The maximum atomic E-state index is 12.5. The molecule has 3 atom stereocenters. The van der Waals surface area contributed by atoms with Gasteiger partial charge in [-0.1, -0.05) is 41.0 Å². The maximum Gasteiger partial charge on any atom is 0.246 e. The van der Waals surface area contributed by atoms with E-state index in [0.29, 0.717) is 18.9 Å². The molecule has 4 nitrogen and oxygen atoms in total. The third kappa shape index (κ3) is 3.71. The van der Waals surface area contributed by atoms with Crippen molar-refractivity contribution in [1.82, 2.24) is 10.2 Å². The van der Waals surface area contributed by atoms with Crippen LogP contribution >= 0.6 is 0 Å². The lowest BCUT2D eigenvalue weighted by atomic mass is 9.95. The maximum absolute atomic E-state index is 12.5. The second-order valence-corrected chi connectivity index (χ2v) is 6.04. The third-order valence-corrected chi connectivity index (χ3v) is 3.87. The van der Waals surface area contributed by atoms with Crippen molar-refractivity contribution in [3.63, 3.8) is 0 Å². The topological polar surface area (TPSA) is 49.4 Å². The zero-order valence-corrected chi connectivity index (χ0v) is 12.9. The summed E-state index contributed by atoms with van der Waals surface area (Å²) < 4.78 is 0. The summed E-state index contributed by atoms with van der Waals surface area (Å²) >= 11 is 0. The molecule has 4 heteroatoms. The first-order chi connectivity index (χ1) is 8.92. The fraction of sp³-hybridized carbons (Fsp3) is 0.867. The highest BCUT2D eigenvalue weighted by atomic mass is 16.2. The molecule has 0 spiro atoms. The number of hydrogen-bond acceptors (Lipinski definition) is 2. The van der Waals surface area contributed by atoms with E-state index >= 15 is 0 Å². The summed E-state index contributed by atoms with van der Waals surface area (Å²) in [5, 5.41) is 2.87. The Hall–Kier alpha value is -1.06. The Labute approximate surface area is 116 Å². The molecule has 19 heavy (non-hydrogen) atoms. The molecule has 0 saturated carbocycles. The quantitative estimate of drug-likeness (QED) is 0.802. The van der Waals surface area contributed by atoms with Gasteiger partial charge in [0.15, 0.2) is 0 Å². The van der Waals surface area contributed by atoms with Crippen molar-refractivity contribution in [3.8, 4) is 0 Å². The molecule has 0 radical (unpaired) electrons. The molecule has 1 N–H and O–H groups in total. The minimum absolute atomic E-state index is 0.00417. The highest BCUT2D eigenvalue weighted by molar-refractivity contribution is 5.97. The number of nitrogens with zero attached hydrogens (tertiary/aromatic N) is 1. The Morgan fingerprint density at radius 2 is 1.84 bits per heavy atom. The molecule has 110 valence electrons. The Kier molecular flexibility index (Phi) is 5.83. The molecule has 1 aliphatic rings. The van der Waals surface area contributed by atoms with E-state index in [1.54, 1.807) is 0 Å². The number of carbonyl (C=O) groups excluding carboxylic acids is 2. The second-order valence-electron chi connectivity index (χ2n) is 6.04. The molecule has 2 amide bonds. The predicted octanol–water partition coefficient (Wildman–Crippen LogP) is 2.18. The van der Waals surface area contributed by atoms with Crippen molar-refractivity contribution >= 4 is 11.8 Å². The van der Waals surface area contributed by atoms with Gasteiger partial charge in [0.1, 0.15) is 12.1 Å². The van der Waals surface area contributed by atoms with Crippen LogP contribution in [0.1, 0.15) is 53.9 Å². The van der Waals surface area contributed by atoms with Gasteiger partial charge >= 0.3 is 0 Å². The highest BCUT2D eigenvalue weighted by Gasteiger charge is 2.40. The Bertz CT molecular complexity index is 328. The number of amides is 2. The molecular weight excluding hydrogens is 240 g/mol. The summed E-state index contributed by atoms with van der Waals surface area (Å²) in [6.45, 7) is 10.9. The van der Waals surface area contributed by atoms with Crippen molar-refractivity contribution in [1.29, 1.82) is 0 Å². The van der Waals surface area contributed by atoms with Gasteiger partial charge in [-0.15, -0.1) is 0 Å². The van der Waals surface area contributed by atoms with E-state index < -0.39 is 0 Å². The van der Waals surface area contributed by atoms with Crippen molar-refractivity contribution in [2.24, 2.45) is 11.8 Å². The van der Waals surface area contributed by atoms with Crippen molar-refractivity contribution in [2.75, 3.05) is 6.54 Å². The predicted molar refractivity (Wildman–Crippen MR) is 76.6 cm³/mol. The van der Waals surface area contributed by atoms with Crippen molar-refractivity contribution in [2.45, 2.75) is 66.0 Å². The molecule has 0 aromatic heterocycles. The molecule has 1 saturated heterocycles. The normalized spacial score (nSPS) is 25.7. The molecule has 0 aromatic rings. The zero-order valence-electron chi connectivity index (χ0n) is 12.9. The third-order valence-electron chi connectivity index (χ3n) is 3.87. The molecule has 1 aliphatic heterocycles. The van der Waals surface area contributed by atoms with Gasteiger partial charge in [-0.05, 0) is 24.7 Å². The fourth-order valence-electron chi connectivity index (χ4n) is 2.78. The molecular formula is C15H28N2O2.